The minimum atomic E-state index is 0.903. The molecule has 1 N–H and O–H groups in total. The molecule has 43 valence electrons. The van der Waals surface area contributed by atoms with E-state index in [-0.39, 0.29) is 0 Å². The molecule has 0 saturated carbocycles. The minimum absolute atomic E-state index is 0.903. The van der Waals surface area contributed by atoms with Crippen LogP contribution in [0.3, 0.4) is 0 Å². The Labute approximate surface area is 44.8 Å². The van der Waals surface area contributed by atoms with Gasteiger partial charge in [-0.3, -0.25) is 4.84 Å². The second kappa shape index (κ2) is 5.92. The molecule has 2 heteroatoms. The average Bonchev–Trinajstić information content (AvgIpc) is 1.69. The first-order chi connectivity index (χ1) is 3.41. The second-order valence-electron chi connectivity index (χ2n) is 1.39. The summed E-state index contributed by atoms with van der Waals surface area (Å²) < 4.78 is 0. The topological polar surface area (TPSA) is 21.3 Å². The standard InChI is InChI=1S/C5H12NO/c1-3-4-5-6-7-2/h6H,2-5H2,1H3. The van der Waals surface area contributed by atoms with Gasteiger partial charge >= 0.3 is 0 Å². The van der Waals surface area contributed by atoms with E-state index >= 15 is 0 Å². The third-order valence-electron chi connectivity index (χ3n) is 0.734. The first-order valence-electron chi connectivity index (χ1n) is 2.55. The van der Waals surface area contributed by atoms with E-state index in [1.54, 1.807) is 0 Å². The highest BCUT2D eigenvalue weighted by atomic mass is 16.6. The number of hydrogen-bond donors (Lipinski definition) is 1. The van der Waals surface area contributed by atoms with Crippen LogP contribution in [0.4, 0.5) is 0 Å². The Hall–Kier alpha value is -0.0800. The highest BCUT2D eigenvalue weighted by Crippen LogP contribution is 1.80. The molecule has 1 radical (unpaired) electrons. The molecule has 0 fully saturated rings. The fourth-order valence-electron chi connectivity index (χ4n) is 0.321. The Bertz CT molecular complexity index is 27.3. The summed E-state index contributed by atoms with van der Waals surface area (Å²) in [5.41, 5.74) is 2.64. The molecule has 0 atom stereocenters. The van der Waals surface area contributed by atoms with Crippen molar-refractivity contribution in [1.82, 2.24) is 5.48 Å². The molecule has 0 aromatic carbocycles. The summed E-state index contributed by atoms with van der Waals surface area (Å²) in [4.78, 5) is 4.34. The molecule has 0 unspecified atom stereocenters. The molecular weight excluding hydrogens is 90.1 g/mol. The Morgan fingerprint density at radius 1 is 1.71 bits per heavy atom. The molecule has 0 aromatic heterocycles. The third-order valence-corrected chi connectivity index (χ3v) is 0.734. The van der Waals surface area contributed by atoms with E-state index in [2.05, 4.69) is 24.4 Å². The molecule has 0 spiro atoms. The predicted molar refractivity (Wildman–Crippen MR) is 29.4 cm³/mol. The van der Waals surface area contributed by atoms with Crippen LogP contribution in [0.5, 0.6) is 0 Å². The lowest BCUT2D eigenvalue weighted by Gasteiger charge is -1.95. The summed E-state index contributed by atoms with van der Waals surface area (Å²) in [7, 11) is 3.15. The van der Waals surface area contributed by atoms with Gasteiger partial charge in [-0.15, -0.1) is 0 Å². The Morgan fingerprint density at radius 2 is 2.43 bits per heavy atom. The zero-order valence-corrected chi connectivity index (χ0v) is 4.74. The SMILES string of the molecule is [CH2]ONCCCC. The molecule has 2 nitrogen and oxygen atoms in total. The van der Waals surface area contributed by atoms with Crippen LogP contribution < -0.4 is 5.48 Å². The molecule has 0 aromatic rings. The van der Waals surface area contributed by atoms with Crippen LogP contribution in [0, 0.1) is 7.11 Å². The van der Waals surface area contributed by atoms with Gasteiger partial charge in [0.1, 0.15) is 0 Å². The number of unbranched alkanes of at least 4 members (excludes halogenated alkanes) is 1. The summed E-state index contributed by atoms with van der Waals surface area (Å²) >= 11 is 0. The van der Waals surface area contributed by atoms with Crippen molar-refractivity contribution in [2.45, 2.75) is 19.8 Å². The number of nitrogens with one attached hydrogen (secondary N) is 1. The van der Waals surface area contributed by atoms with Crippen molar-refractivity contribution in [2.24, 2.45) is 0 Å². The summed E-state index contributed by atoms with van der Waals surface area (Å²) in [6, 6.07) is 0. The van der Waals surface area contributed by atoms with E-state index in [1.165, 1.54) is 6.42 Å². The van der Waals surface area contributed by atoms with Gasteiger partial charge in [0.25, 0.3) is 0 Å². The van der Waals surface area contributed by atoms with Crippen molar-refractivity contribution < 1.29 is 4.84 Å². The van der Waals surface area contributed by atoms with Crippen LogP contribution >= 0.6 is 0 Å². The summed E-state index contributed by atoms with van der Waals surface area (Å²) in [6.07, 6.45) is 2.34. The number of hydroxylamine groups is 1. The zero-order chi connectivity index (χ0) is 5.54. The summed E-state index contributed by atoms with van der Waals surface area (Å²) in [6.45, 7) is 3.03. The maximum atomic E-state index is 4.34. The fraction of sp³-hybridized carbons (Fsp3) is 0.800. The lowest BCUT2D eigenvalue weighted by atomic mass is 10.3. The van der Waals surface area contributed by atoms with Gasteiger partial charge in [-0.1, -0.05) is 13.3 Å². The van der Waals surface area contributed by atoms with Crippen LogP contribution in [0.2, 0.25) is 0 Å². The van der Waals surface area contributed by atoms with Gasteiger partial charge in [0.15, 0.2) is 0 Å². The van der Waals surface area contributed by atoms with Crippen LogP contribution in [0.25, 0.3) is 0 Å². The van der Waals surface area contributed by atoms with Gasteiger partial charge in [0.05, 0.1) is 7.11 Å². The van der Waals surface area contributed by atoms with E-state index in [4.69, 9.17) is 0 Å². The van der Waals surface area contributed by atoms with Gasteiger partial charge in [0, 0.05) is 6.54 Å². The molecule has 7 heavy (non-hydrogen) atoms. The van der Waals surface area contributed by atoms with Gasteiger partial charge in [-0.05, 0) is 6.42 Å². The molecule has 0 amide bonds. The summed E-state index contributed by atoms with van der Waals surface area (Å²) in [5.74, 6) is 0. The first-order valence-corrected chi connectivity index (χ1v) is 2.55. The average molecular weight is 102 g/mol. The van der Waals surface area contributed by atoms with Gasteiger partial charge < -0.3 is 0 Å². The lowest BCUT2D eigenvalue weighted by Crippen LogP contribution is -2.10. The quantitative estimate of drug-likeness (QED) is 0.424. The normalized spacial score (nSPS) is 9.43. The number of rotatable bonds is 4. The summed E-state index contributed by atoms with van der Waals surface area (Å²) in [5, 5.41) is 0. The van der Waals surface area contributed by atoms with Gasteiger partial charge in [0.2, 0.25) is 0 Å². The zero-order valence-electron chi connectivity index (χ0n) is 4.74. The van der Waals surface area contributed by atoms with Gasteiger partial charge in [-0.2, -0.15) is 0 Å². The largest absolute Gasteiger partial charge is 0.299 e. The third kappa shape index (κ3) is 5.92. The van der Waals surface area contributed by atoms with Crippen molar-refractivity contribution >= 4 is 0 Å². The molecule has 0 aliphatic rings. The maximum Gasteiger partial charge on any atom is 0.0936 e. The molecule has 0 bridgehead atoms. The Balaban J connectivity index is 2.45. The molecule has 0 heterocycles. The molecular formula is C5H12NO. The van der Waals surface area contributed by atoms with E-state index in [9.17, 15) is 0 Å². The van der Waals surface area contributed by atoms with Crippen molar-refractivity contribution in [1.29, 1.82) is 0 Å². The lowest BCUT2D eigenvalue weighted by molar-refractivity contribution is 0.127. The minimum Gasteiger partial charge on any atom is -0.299 e. The van der Waals surface area contributed by atoms with Crippen molar-refractivity contribution in [3.05, 3.63) is 7.11 Å². The van der Waals surface area contributed by atoms with Crippen LogP contribution in [0.1, 0.15) is 19.8 Å². The molecule has 0 aliphatic heterocycles. The Kier molecular flexibility index (Phi) is 5.85. The van der Waals surface area contributed by atoms with E-state index in [0.717, 1.165) is 13.0 Å². The predicted octanol–water partition coefficient (Wildman–Crippen LogP) is 1.10. The molecule has 0 rings (SSSR count). The highest BCUT2D eigenvalue weighted by molar-refractivity contribution is 4.32. The van der Waals surface area contributed by atoms with Crippen LogP contribution in [-0.4, -0.2) is 6.54 Å². The monoisotopic (exact) mass is 102 g/mol. The smallest absolute Gasteiger partial charge is 0.0936 e. The van der Waals surface area contributed by atoms with Gasteiger partial charge in [-0.25, -0.2) is 5.48 Å². The fourth-order valence-corrected chi connectivity index (χ4v) is 0.321. The van der Waals surface area contributed by atoms with Crippen molar-refractivity contribution in [2.75, 3.05) is 6.54 Å². The molecule has 0 aliphatic carbocycles. The number of hydrogen-bond acceptors (Lipinski definition) is 2. The van der Waals surface area contributed by atoms with Crippen molar-refractivity contribution in [3.8, 4) is 0 Å². The van der Waals surface area contributed by atoms with E-state index in [0.29, 0.717) is 0 Å². The second-order valence-corrected chi connectivity index (χ2v) is 1.39. The van der Waals surface area contributed by atoms with Crippen molar-refractivity contribution in [3.63, 3.8) is 0 Å². The van der Waals surface area contributed by atoms with Crippen LogP contribution in [0.15, 0.2) is 0 Å². The van der Waals surface area contributed by atoms with E-state index in [1.807, 2.05) is 0 Å². The maximum absolute atomic E-state index is 4.34. The van der Waals surface area contributed by atoms with E-state index < -0.39 is 0 Å². The highest BCUT2D eigenvalue weighted by Gasteiger charge is 1.77. The van der Waals surface area contributed by atoms with Crippen LogP contribution in [-0.2, 0) is 4.84 Å². The Morgan fingerprint density at radius 3 is 2.86 bits per heavy atom. The first kappa shape index (κ1) is 6.92. The molecule has 0 saturated heterocycles.